The number of rotatable bonds is 1. The molecule has 11 heteroatoms. The van der Waals surface area contributed by atoms with Crippen LogP contribution in [0.25, 0.3) is 0 Å². The van der Waals surface area contributed by atoms with E-state index in [0.717, 1.165) is 11.4 Å². The smallest absolute Gasteiger partial charge is 0.248 e. The summed E-state index contributed by atoms with van der Waals surface area (Å²) < 4.78 is 4.88. The third-order valence-corrected chi connectivity index (χ3v) is 7.63. The van der Waals surface area contributed by atoms with Crippen LogP contribution in [-0.2, 0) is 22.7 Å². The van der Waals surface area contributed by atoms with Gasteiger partial charge in [-0.3, -0.25) is 19.4 Å². The molecule has 0 saturated carbocycles. The van der Waals surface area contributed by atoms with E-state index in [4.69, 9.17) is 5.73 Å². The van der Waals surface area contributed by atoms with Gasteiger partial charge < -0.3 is 5.73 Å². The average molecular weight is 557 g/mol. The molecule has 9 nitrogen and oxygen atoms in total. The van der Waals surface area contributed by atoms with Crippen LogP contribution in [-0.4, -0.2) is 51.0 Å². The van der Waals surface area contributed by atoms with E-state index in [9.17, 15) is 9.59 Å². The first-order chi connectivity index (χ1) is 14.4. The SMILES string of the molecule is CN1C(=O)C(c2c(Br)nn3c2N(C)C(=O)C(N)(C(C)(C)C)CC3)CCn2nc(Br)cc21. The first-order valence-electron chi connectivity index (χ1n) is 10.2. The number of carbonyl (C=O) groups is 2. The summed E-state index contributed by atoms with van der Waals surface area (Å²) >= 11 is 6.95. The second kappa shape index (κ2) is 7.41. The summed E-state index contributed by atoms with van der Waals surface area (Å²) in [6, 6.07) is 1.83. The number of aromatic nitrogens is 4. The van der Waals surface area contributed by atoms with E-state index in [1.54, 1.807) is 28.6 Å². The highest BCUT2D eigenvalue weighted by Gasteiger charge is 2.50. The van der Waals surface area contributed by atoms with Crippen molar-refractivity contribution in [1.82, 2.24) is 19.6 Å². The molecule has 0 radical (unpaired) electrons. The Morgan fingerprint density at radius 2 is 1.77 bits per heavy atom. The molecule has 2 aromatic rings. The highest BCUT2D eigenvalue weighted by Crippen LogP contribution is 2.43. The third kappa shape index (κ3) is 3.36. The Kier molecular flexibility index (Phi) is 5.37. The molecule has 2 aromatic heterocycles. The van der Waals surface area contributed by atoms with Gasteiger partial charge in [0.05, 0.1) is 5.92 Å². The molecular formula is C20H27Br2N7O2. The fourth-order valence-electron chi connectivity index (χ4n) is 4.53. The number of nitrogens with two attached hydrogens (primary N) is 1. The minimum atomic E-state index is -1.04. The first kappa shape index (κ1) is 22.5. The van der Waals surface area contributed by atoms with Crippen LogP contribution in [0.5, 0.6) is 0 Å². The molecule has 0 aromatic carbocycles. The molecule has 0 spiro atoms. The molecule has 4 rings (SSSR count). The molecule has 31 heavy (non-hydrogen) atoms. The van der Waals surface area contributed by atoms with Crippen LogP contribution in [0.1, 0.15) is 45.1 Å². The van der Waals surface area contributed by atoms with Crippen LogP contribution in [0.2, 0.25) is 0 Å². The molecular weight excluding hydrogens is 530 g/mol. The van der Waals surface area contributed by atoms with E-state index < -0.39 is 16.9 Å². The summed E-state index contributed by atoms with van der Waals surface area (Å²) in [6.07, 6.45) is 0.999. The van der Waals surface area contributed by atoms with Gasteiger partial charge in [0.2, 0.25) is 11.8 Å². The number of hydrogen-bond acceptors (Lipinski definition) is 5. The lowest BCUT2D eigenvalue weighted by Crippen LogP contribution is -2.61. The van der Waals surface area contributed by atoms with Gasteiger partial charge in [-0.05, 0) is 50.1 Å². The summed E-state index contributed by atoms with van der Waals surface area (Å²) in [5.74, 6) is 0.646. The molecule has 2 aliphatic heterocycles. The second-order valence-corrected chi connectivity index (χ2v) is 10.9. The summed E-state index contributed by atoms with van der Waals surface area (Å²) in [4.78, 5) is 30.2. The molecule has 2 atom stereocenters. The zero-order valence-electron chi connectivity index (χ0n) is 18.3. The Morgan fingerprint density at radius 3 is 2.42 bits per heavy atom. The fraction of sp³-hybridized carbons (Fsp3) is 0.600. The van der Waals surface area contributed by atoms with Crippen LogP contribution in [0, 0.1) is 5.41 Å². The zero-order valence-corrected chi connectivity index (χ0v) is 21.5. The van der Waals surface area contributed by atoms with E-state index >= 15 is 0 Å². The Labute approximate surface area is 198 Å². The quantitative estimate of drug-likeness (QED) is 0.582. The van der Waals surface area contributed by atoms with Crippen molar-refractivity contribution >= 4 is 55.3 Å². The van der Waals surface area contributed by atoms with Crippen molar-refractivity contribution < 1.29 is 9.59 Å². The van der Waals surface area contributed by atoms with Crippen molar-refractivity contribution in [3.63, 3.8) is 0 Å². The highest BCUT2D eigenvalue weighted by atomic mass is 79.9. The zero-order chi connectivity index (χ0) is 22.9. The van der Waals surface area contributed by atoms with E-state index in [0.29, 0.717) is 41.0 Å². The van der Waals surface area contributed by atoms with Crippen LogP contribution in [0.15, 0.2) is 15.3 Å². The van der Waals surface area contributed by atoms with E-state index in [-0.39, 0.29) is 11.8 Å². The lowest BCUT2D eigenvalue weighted by molar-refractivity contribution is -0.127. The standard InChI is InChI=1S/C20H27Br2N7O2/c1-19(2,3)20(23)7-9-29-16(27(5)18(20)31)14(15(22)25-29)11-6-8-28-13(10-12(21)24-28)26(4)17(11)30/h10-11H,6-9,23H2,1-5H3. The van der Waals surface area contributed by atoms with Crippen LogP contribution < -0.4 is 15.5 Å². The maximum Gasteiger partial charge on any atom is 0.248 e. The summed E-state index contributed by atoms with van der Waals surface area (Å²) in [7, 11) is 3.47. The molecule has 2 unspecified atom stereocenters. The van der Waals surface area contributed by atoms with Crippen molar-refractivity contribution in [3.8, 4) is 0 Å². The molecule has 4 heterocycles. The molecule has 2 amide bonds. The van der Waals surface area contributed by atoms with E-state index in [1.807, 2.05) is 31.5 Å². The number of halogens is 2. The molecule has 2 aliphatic rings. The fourth-order valence-corrected chi connectivity index (χ4v) is 5.57. The van der Waals surface area contributed by atoms with Crippen molar-refractivity contribution in [1.29, 1.82) is 0 Å². The number of likely N-dealkylation sites (N-methyl/N-ethyl adjacent to an activating group) is 2. The van der Waals surface area contributed by atoms with Gasteiger partial charge in [0, 0.05) is 38.8 Å². The van der Waals surface area contributed by atoms with Gasteiger partial charge in [-0.2, -0.15) is 10.2 Å². The summed E-state index contributed by atoms with van der Waals surface area (Å²) in [5.41, 5.74) is 5.92. The average Bonchev–Trinajstić information content (AvgIpc) is 3.17. The lowest BCUT2D eigenvalue weighted by Gasteiger charge is -2.40. The van der Waals surface area contributed by atoms with Crippen molar-refractivity contribution in [2.45, 2.75) is 58.2 Å². The number of amides is 2. The van der Waals surface area contributed by atoms with Crippen LogP contribution in [0.4, 0.5) is 11.6 Å². The third-order valence-electron chi connectivity index (χ3n) is 6.66. The summed E-state index contributed by atoms with van der Waals surface area (Å²) in [5, 5.41) is 9.08. The maximum absolute atomic E-state index is 13.5. The van der Waals surface area contributed by atoms with Crippen LogP contribution >= 0.6 is 31.9 Å². The normalized spacial score (nSPS) is 24.7. The number of aryl methyl sites for hydroxylation is 2. The van der Waals surface area contributed by atoms with Gasteiger partial charge in [0.15, 0.2) is 0 Å². The lowest BCUT2D eigenvalue weighted by atomic mass is 9.71. The number of fused-ring (bicyclic) bond motifs is 2. The molecule has 0 aliphatic carbocycles. The predicted molar refractivity (Wildman–Crippen MR) is 125 cm³/mol. The van der Waals surface area contributed by atoms with Gasteiger partial charge >= 0.3 is 0 Å². The molecule has 0 fully saturated rings. The second-order valence-electron chi connectivity index (χ2n) is 9.37. The molecule has 0 bridgehead atoms. The molecule has 2 N–H and O–H groups in total. The van der Waals surface area contributed by atoms with Crippen molar-refractivity contribution in [2.75, 3.05) is 23.9 Å². The largest absolute Gasteiger partial charge is 0.317 e. The van der Waals surface area contributed by atoms with Gasteiger partial charge in [0.1, 0.15) is 26.4 Å². The number of carbonyl (C=O) groups excluding carboxylic acids is 2. The monoisotopic (exact) mass is 555 g/mol. The van der Waals surface area contributed by atoms with Gasteiger partial charge in [-0.1, -0.05) is 20.8 Å². The Hall–Kier alpha value is -1.72. The number of hydrogen-bond donors (Lipinski definition) is 1. The first-order valence-corrected chi connectivity index (χ1v) is 11.8. The van der Waals surface area contributed by atoms with Crippen molar-refractivity contribution in [2.24, 2.45) is 11.1 Å². The van der Waals surface area contributed by atoms with E-state index in [2.05, 4.69) is 42.1 Å². The van der Waals surface area contributed by atoms with Gasteiger partial charge in [0.25, 0.3) is 0 Å². The molecule has 168 valence electrons. The summed E-state index contributed by atoms with van der Waals surface area (Å²) in [6.45, 7) is 7.00. The minimum absolute atomic E-state index is 0.0671. The Balaban J connectivity index is 1.78. The molecule has 0 saturated heterocycles. The highest BCUT2D eigenvalue weighted by molar-refractivity contribution is 9.10. The minimum Gasteiger partial charge on any atom is -0.317 e. The maximum atomic E-state index is 13.5. The topological polar surface area (TPSA) is 102 Å². The Bertz CT molecular complexity index is 1070. The van der Waals surface area contributed by atoms with E-state index in [1.165, 1.54) is 0 Å². The van der Waals surface area contributed by atoms with Gasteiger partial charge in [-0.15, -0.1) is 0 Å². The van der Waals surface area contributed by atoms with Gasteiger partial charge in [-0.25, -0.2) is 9.36 Å². The van der Waals surface area contributed by atoms with Crippen LogP contribution in [0.3, 0.4) is 0 Å². The van der Waals surface area contributed by atoms with Crippen molar-refractivity contribution in [3.05, 3.63) is 20.8 Å². The number of anilines is 2. The Morgan fingerprint density at radius 1 is 1.10 bits per heavy atom. The number of nitrogens with zero attached hydrogens (tertiary/aromatic N) is 6. The predicted octanol–water partition coefficient (Wildman–Crippen LogP) is 2.87.